The minimum atomic E-state index is -0.180. The van der Waals surface area contributed by atoms with E-state index in [0.29, 0.717) is 18.6 Å². The van der Waals surface area contributed by atoms with Crippen LogP contribution in [0.4, 0.5) is 0 Å². The van der Waals surface area contributed by atoms with Gasteiger partial charge in [-0.2, -0.15) is 5.10 Å². The van der Waals surface area contributed by atoms with Crippen LogP contribution in [0.2, 0.25) is 0 Å². The number of ether oxygens (including phenoxy) is 1. The van der Waals surface area contributed by atoms with E-state index in [1.54, 1.807) is 6.20 Å². The van der Waals surface area contributed by atoms with Gasteiger partial charge in [-0.05, 0) is 32.1 Å². The lowest BCUT2D eigenvalue weighted by atomic mass is 9.84. The molecule has 1 saturated carbocycles. The van der Waals surface area contributed by atoms with Gasteiger partial charge in [0, 0.05) is 0 Å². The smallest absolute Gasteiger partial charge is 0.157 e. The molecule has 1 aliphatic carbocycles. The third kappa shape index (κ3) is 2.38. The summed E-state index contributed by atoms with van der Waals surface area (Å²) < 4.78 is 7.34. The van der Waals surface area contributed by atoms with Gasteiger partial charge < -0.3 is 9.84 Å². The van der Waals surface area contributed by atoms with Crippen molar-refractivity contribution in [3.8, 4) is 5.75 Å². The molecular formula is C12H20N2O2. The quantitative estimate of drug-likeness (QED) is 0.854. The Hall–Kier alpha value is -1.03. The summed E-state index contributed by atoms with van der Waals surface area (Å²) in [6.45, 7) is 4.84. The van der Waals surface area contributed by atoms with Gasteiger partial charge in [0.15, 0.2) is 5.75 Å². The van der Waals surface area contributed by atoms with Gasteiger partial charge in [-0.3, -0.25) is 4.68 Å². The molecule has 90 valence electrons. The fraction of sp³-hybridized carbons (Fsp3) is 0.750. The van der Waals surface area contributed by atoms with Gasteiger partial charge >= 0.3 is 0 Å². The predicted octanol–water partition coefficient (Wildman–Crippen LogP) is 2.00. The number of rotatable bonds is 3. The van der Waals surface area contributed by atoms with Crippen LogP contribution < -0.4 is 4.74 Å². The summed E-state index contributed by atoms with van der Waals surface area (Å²) in [5, 5.41) is 14.0. The topological polar surface area (TPSA) is 47.3 Å². The van der Waals surface area contributed by atoms with Crippen LogP contribution in [0.3, 0.4) is 0 Å². The Balaban J connectivity index is 2.08. The lowest BCUT2D eigenvalue weighted by molar-refractivity contribution is 0.0734. The zero-order valence-corrected chi connectivity index (χ0v) is 9.97. The molecule has 1 aromatic rings. The normalized spacial score (nSPS) is 30.3. The van der Waals surface area contributed by atoms with E-state index in [-0.39, 0.29) is 6.10 Å². The van der Waals surface area contributed by atoms with Crippen LogP contribution in [0.15, 0.2) is 12.4 Å². The Kier molecular flexibility index (Phi) is 3.49. The Labute approximate surface area is 96.2 Å². The molecule has 0 amide bonds. The second-order valence-electron chi connectivity index (χ2n) is 4.60. The molecule has 0 spiro atoms. The summed E-state index contributed by atoms with van der Waals surface area (Å²) >= 11 is 0. The van der Waals surface area contributed by atoms with Crippen molar-refractivity contribution in [3.05, 3.63) is 12.4 Å². The van der Waals surface area contributed by atoms with Gasteiger partial charge in [0.25, 0.3) is 0 Å². The second-order valence-corrected chi connectivity index (χ2v) is 4.60. The highest BCUT2D eigenvalue weighted by Crippen LogP contribution is 2.33. The molecule has 1 aliphatic rings. The van der Waals surface area contributed by atoms with E-state index in [1.165, 1.54) is 0 Å². The van der Waals surface area contributed by atoms with Gasteiger partial charge in [0.2, 0.25) is 0 Å². The molecule has 3 atom stereocenters. The molecule has 0 saturated heterocycles. The van der Waals surface area contributed by atoms with Crippen molar-refractivity contribution in [2.45, 2.75) is 45.3 Å². The Bertz CT molecular complexity index is 338. The van der Waals surface area contributed by atoms with Crippen molar-refractivity contribution < 1.29 is 9.84 Å². The predicted molar refractivity (Wildman–Crippen MR) is 61.5 cm³/mol. The highest BCUT2D eigenvalue weighted by molar-refractivity contribution is 5.12. The first-order valence-electron chi connectivity index (χ1n) is 6.05. The van der Waals surface area contributed by atoms with E-state index in [4.69, 9.17) is 4.74 Å². The summed E-state index contributed by atoms with van der Waals surface area (Å²) in [7, 11) is 0. The summed E-state index contributed by atoms with van der Waals surface area (Å²) in [4.78, 5) is 0. The largest absolute Gasteiger partial charge is 0.491 e. The van der Waals surface area contributed by atoms with E-state index in [0.717, 1.165) is 25.0 Å². The highest BCUT2D eigenvalue weighted by Gasteiger charge is 2.28. The number of aliphatic hydroxyl groups excluding tert-OH is 1. The van der Waals surface area contributed by atoms with Crippen molar-refractivity contribution in [3.63, 3.8) is 0 Å². The number of aliphatic hydroxyl groups is 1. The first-order chi connectivity index (χ1) is 7.70. The zero-order chi connectivity index (χ0) is 11.5. The van der Waals surface area contributed by atoms with Crippen molar-refractivity contribution in [2.24, 2.45) is 5.92 Å². The number of hydrogen-bond acceptors (Lipinski definition) is 3. The molecule has 1 heterocycles. The van der Waals surface area contributed by atoms with Gasteiger partial charge in [-0.1, -0.05) is 6.92 Å². The van der Waals surface area contributed by atoms with Gasteiger partial charge in [-0.25, -0.2) is 0 Å². The van der Waals surface area contributed by atoms with Crippen LogP contribution in [0.5, 0.6) is 5.75 Å². The molecule has 0 aromatic carbocycles. The lowest BCUT2D eigenvalue weighted by Crippen LogP contribution is -2.28. The van der Waals surface area contributed by atoms with Gasteiger partial charge in [-0.15, -0.1) is 0 Å². The highest BCUT2D eigenvalue weighted by atomic mass is 16.5. The summed E-state index contributed by atoms with van der Waals surface area (Å²) in [6.07, 6.45) is 6.28. The molecule has 4 heteroatoms. The van der Waals surface area contributed by atoms with Crippen molar-refractivity contribution in [1.82, 2.24) is 9.78 Å². The SMILES string of the molecule is CCOc1cnn(C2CC(O)CCC2C)c1. The molecule has 1 aromatic heterocycles. The third-order valence-corrected chi connectivity index (χ3v) is 3.35. The Morgan fingerprint density at radius 2 is 2.38 bits per heavy atom. The summed E-state index contributed by atoms with van der Waals surface area (Å²) in [5.41, 5.74) is 0. The minimum absolute atomic E-state index is 0.180. The van der Waals surface area contributed by atoms with Crippen LogP contribution in [-0.2, 0) is 0 Å². The molecular weight excluding hydrogens is 204 g/mol. The number of aromatic nitrogens is 2. The monoisotopic (exact) mass is 224 g/mol. The average molecular weight is 224 g/mol. The van der Waals surface area contributed by atoms with Gasteiger partial charge in [0.1, 0.15) is 0 Å². The van der Waals surface area contributed by atoms with E-state index in [1.807, 2.05) is 17.8 Å². The van der Waals surface area contributed by atoms with Crippen molar-refractivity contribution >= 4 is 0 Å². The molecule has 1 fully saturated rings. The fourth-order valence-electron chi connectivity index (χ4n) is 2.39. The van der Waals surface area contributed by atoms with Crippen molar-refractivity contribution in [1.29, 1.82) is 0 Å². The first kappa shape index (κ1) is 11.5. The molecule has 4 nitrogen and oxygen atoms in total. The summed E-state index contributed by atoms with van der Waals surface area (Å²) in [5.74, 6) is 1.38. The van der Waals surface area contributed by atoms with E-state index < -0.39 is 0 Å². The molecule has 1 N–H and O–H groups in total. The first-order valence-corrected chi connectivity index (χ1v) is 6.05. The average Bonchev–Trinajstić information content (AvgIpc) is 2.71. The summed E-state index contributed by atoms with van der Waals surface area (Å²) in [6, 6.07) is 0.304. The number of hydrogen-bond donors (Lipinski definition) is 1. The maximum atomic E-state index is 9.70. The van der Waals surface area contributed by atoms with Crippen molar-refractivity contribution in [2.75, 3.05) is 6.61 Å². The van der Waals surface area contributed by atoms with E-state index in [9.17, 15) is 5.11 Å². The maximum Gasteiger partial charge on any atom is 0.157 e. The third-order valence-electron chi connectivity index (χ3n) is 3.35. The van der Waals surface area contributed by atoms with Crippen LogP contribution in [0.25, 0.3) is 0 Å². The van der Waals surface area contributed by atoms with Crippen LogP contribution in [0, 0.1) is 5.92 Å². The van der Waals surface area contributed by atoms with Gasteiger partial charge in [0.05, 0.1) is 31.1 Å². The Morgan fingerprint density at radius 3 is 3.12 bits per heavy atom. The lowest BCUT2D eigenvalue weighted by Gasteiger charge is -2.31. The van der Waals surface area contributed by atoms with Crippen LogP contribution >= 0.6 is 0 Å². The maximum absolute atomic E-state index is 9.70. The number of nitrogens with zero attached hydrogens (tertiary/aromatic N) is 2. The molecule has 16 heavy (non-hydrogen) atoms. The minimum Gasteiger partial charge on any atom is -0.491 e. The molecule has 0 aliphatic heterocycles. The Morgan fingerprint density at radius 1 is 1.56 bits per heavy atom. The molecule has 0 bridgehead atoms. The van der Waals surface area contributed by atoms with E-state index >= 15 is 0 Å². The van der Waals surface area contributed by atoms with Crippen LogP contribution in [0.1, 0.15) is 39.2 Å². The van der Waals surface area contributed by atoms with E-state index in [2.05, 4.69) is 12.0 Å². The van der Waals surface area contributed by atoms with Crippen LogP contribution in [-0.4, -0.2) is 27.6 Å². The molecule has 3 unspecified atom stereocenters. The molecule has 2 rings (SSSR count). The zero-order valence-electron chi connectivity index (χ0n) is 9.97. The fourth-order valence-corrected chi connectivity index (χ4v) is 2.39. The second kappa shape index (κ2) is 4.87. The molecule has 0 radical (unpaired) electrons. The standard InChI is InChI=1S/C12H20N2O2/c1-3-16-11-7-13-14(8-11)12-6-10(15)5-4-9(12)2/h7-10,12,15H,3-6H2,1-2H3.